The Balaban J connectivity index is 3.66. The Morgan fingerprint density at radius 3 is 1.33 bits per heavy atom. The van der Waals surface area contributed by atoms with Gasteiger partial charge in [-0.25, -0.2) is 10.3 Å². The van der Waals surface area contributed by atoms with Gasteiger partial charge in [0, 0.05) is 0 Å². The molecule has 18 heavy (non-hydrogen) atoms. The molecule has 2 amide bonds. The van der Waals surface area contributed by atoms with Gasteiger partial charge in [0.2, 0.25) is 0 Å². The van der Waals surface area contributed by atoms with Crippen LogP contribution in [0.4, 0.5) is 0 Å². The smallest absolute Gasteiger partial charge is 0.266 e. The van der Waals surface area contributed by atoms with Gasteiger partial charge >= 0.3 is 20.4 Å². The van der Waals surface area contributed by atoms with Crippen LogP contribution in [0.3, 0.4) is 0 Å². The van der Waals surface area contributed by atoms with Crippen LogP contribution in [0.1, 0.15) is 13.8 Å². The van der Waals surface area contributed by atoms with Crippen LogP contribution in [0.15, 0.2) is 11.1 Å². The molecule has 10 nitrogen and oxygen atoms in total. The summed E-state index contributed by atoms with van der Waals surface area (Å²) in [5.74, 6) is -2.73. The minimum absolute atomic E-state index is 0.129. The van der Waals surface area contributed by atoms with Gasteiger partial charge < -0.3 is 0 Å². The molecule has 12 heteroatoms. The monoisotopic (exact) mass is 298 g/mol. The second-order valence-electron chi connectivity index (χ2n) is 3.56. The van der Waals surface area contributed by atoms with Crippen LogP contribution in [0.25, 0.3) is 0 Å². The van der Waals surface area contributed by atoms with Gasteiger partial charge in [0.25, 0.3) is 11.8 Å². The van der Waals surface area contributed by atoms with Crippen molar-refractivity contribution < 1.29 is 26.4 Å². The Bertz CT molecular complexity index is 604. The lowest BCUT2D eigenvalue weighted by Crippen LogP contribution is -2.52. The van der Waals surface area contributed by atoms with Crippen molar-refractivity contribution in [3.63, 3.8) is 0 Å². The Kier molecular flexibility index (Phi) is 3.25. The van der Waals surface area contributed by atoms with Crippen LogP contribution in [-0.2, 0) is 30.0 Å². The summed E-state index contributed by atoms with van der Waals surface area (Å²) in [5.41, 5.74) is -0.483. The summed E-state index contributed by atoms with van der Waals surface area (Å²) in [6.07, 6.45) is 0. The topological polar surface area (TPSA) is 161 Å². The fraction of sp³-hybridized carbons (Fsp3) is 0.333. The number of hydrazine groups is 1. The highest BCUT2D eigenvalue weighted by molar-refractivity contribution is 7.90. The molecule has 102 valence electrons. The zero-order chi connectivity index (χ0) is 14.5. The Morgan fingerprint density at radius 1 is 0.889 bits per heavy atom. The zero-order valence-electron chi connectivity index (χ0n) is 9.32. The lowest BCUT2D eigenvalue weighted by atomic mass is 10.1. The average molecular weight is 298 g/mol. The molecule has 1 rings (SSSR count). The highest BCUT2D eigenvalue weighted by atomic mass is 32.2. The fourth-order valence-electron chi connectivity index (χ4n) is 1.31. The molecule has 0 aliphatic carbocycles. The molecular weight excluding hydrogens is 288 g/mol. The molecule has 1 heterocycles. The molecule has 0 spiro atoms. The van der Waals surface area contributed by atoms with Crippen LogP contribution in [0, 0.1) is 0 Å². The molecule has 0 bridgehead atoms. The number of allylic oxidation sites excluding steroid dienone is 1. The summed E-state index contributed by atoms with van der Waals surface area (Å²) < 4.78 is 43.9. The second kappa shape index (κ2) is 4.01. The number of hydrogen-bond acceptors (Lipinski definition) is 6. The Hall–Kier alpha value is -1.50. The lowest BCUT2D eigenvalue weighted by molar-refractivity contribution is -0.129. The van der Waals surface area contributed by atoms with Crippen molar-refractivity contribution in [1.82, 2.24) is 8.83 Å². The highest BCUT2D eigenvalue weighted by Gasteiger charge is 2.51. The molecule has 1 aliphatic rings. The standard InChI is InChI=1S/C6H10N4O6S2/c1-3(2)4-5(11)9(17(7,13)14)10(6(4)12)18(8,15)16/h1-2H3,(H2,7,13,14)(H2,8,15,16). The number of carbonyl (C=O) groups excluding carboxylic acids is 2. The fourth-order valence-corrected chi connectivity index (χ4v) is 3.08. The summed E-state index contributed by atoms with van der Waals surface area (Å²) in [4.78, 5) is 23.4. The third kappa shape index (κ3) is 2.22. The van der Waals surface area contributed by atoms with Gasteiger partial charge in [0.1, 0.15) is 5.57 Å². The van der Waals surface area contributed by atoms with Gasteiger partial charge in [0.05, 0.1) is 0 Å². The van der Waals surface area contributed by atoms with E-state index in [1.54, 1.807) is 0 Å². The maximum atomic E-state index is 11.7. The number of rotatable bonds is 2. The molecule has 0 aromatic carbocycles. The second-order valence-corrected chi connectivity index (χ2v) is 6.31. The van der Waals surface area contributed by atoms with Gasteiger partial charge in [-0.2, -0.15) is 16.8 Å². The molecule has 1 aliphatic heterocycles. The van der Waals surface area contributed by atoms with E-state index in [4.69, 9.17) is 0 Å². The highest BCUT2D eigenvalue weighted by Crippen LogP contribution is 2.25. The lowest BCUT2D eigenvalue weighted by Gasteiger charge is -2.21. The van der Waals surface area contributed by atoms with E-state index >= 15 is 0 Å². The van der Waals surface area contributed by atoms with Gasteiger partial charge in [-0.3, -0.25) is 9.59 Å². The number of hydrogen-bond donors (Lipinski definition) is 2. The first-order valence-corrected chi connectivity index (χ1v) is 7.32. The maximum Gasteiger partial charge on any atom is 0.320 e. The number of nitrogens with zero attached hydrogens (tertiary/aromatic N) is 2. The van der Waals surface area contributed by atoms with E-state index in [9.17, 15) is 26.4 Å². The number of amides is 2. The first kappa shape index (κ1) is 14.6. The third-order valence-electron chi connectivity index (χ3n) is 1.92. The van der Waals surface area contributed by atoms with Crippen LogP contribution < -0.4 is 10.3 Å². The van der Waals surface area contributed by atoms with E-state index in [0.29, 0.717) is 0 Å². The molecule has 0 atom stereocenters. The third-order valence-corrected chi connectivity index (χ3v) is 3.65. The predicted molar refractivity (Wildman–Crippen MR) is 58.3 cm³/mol. The van der Waals surface area contributed by atoms with E-state index in [2.05, 4.69) is 10.3 Å². The van der Waals surface area contributed by atoms with E-state index < -0.39 is 37.8 Å². The molecule has 0 aromatic heterocycles. The largest absolute Gasteiger partial charge is 0.320 e. The van der Waals surface area contributed by atoms with Crippen LogP contribution in [0.2, 0.25) is 0 Å². The molecule has 0 radical (unpaired) electrons. The quantitative estimate of drug-likeness (QED) is 0.417. The van der Waals surface area contributed by atoms with Gasteiger partial charge in [0.15, 0.2) is 0 Å². The summed E-state index contributed by atoms with van der Waals surface area (Å²) in [6.45, 7) is 2.66. The Labute approximate surface area is 103 Å². The van der Waals surface area contributed by atoms with Crippen LogP contribution in [-0.4, -0.2) is 37.5 Å². The zero-order valence-corrected chi connectivity index (χ0v) is 10.9. The van der Waals surface area contributed by atoms with Gasteiger partial charge in [-0.15, -0.1) is 8.83 Å². The van der Waals surface area contributed by atoms with E-state index in [1.165, 1.54) is 13.8 Å². The first-order chi connectivity index (χ1) is 7.89. The number of nitrogens with two attached hydrogens (primary N) is 2. The Morgan fingerprint density at radius 2 is 1.17 bits per heavy atom. The summed E-state index contributed by atoms with van der Waals surface area (Å²) in [6, 6.07) is 0. The molecule has 1 saturated heterocycles. The van der Waals surface area contributed by atoms with Crippen molar-refractivity contribution in [2.75, 3.05) is 0 Å². The summed E-state index contributed by atoms with van der Waals surface area (Å²) >= 11 is 0. The molecule has 0 aromatic rings. The molecule has 1 fully saturated rings. The van der Waals surface area contributed by atoms with Gasteiger partial charge in [-0.05, 0) is 13.8 Å². The molecule has 4 N–H and O–H groups in total. The summed E-state index contributed by atoms with van der Waals surface area (Å²) in [5, 5.41) is 9.37. The number of carbonyl (C=O) groups is 2. The minimum Gasteiger partial charge on any atom is -0.266 e. The normalized spacial score (nSPS) is 17.7. The van der Waals surface area contributed by atoms with Crippen molar-refractivity contribution >= 4 is 32.2 Å². The minimum atomic E-state index is -4.79. The molecule has 0 unspecified atom stereocenters. The van der Waals surface area contributed by atoms with Crippen LogP contribution >= 0.6 is 0 Å². The van der Waals surface area contributed by atoms with Crippen molar-refractivity contribution in [2.24, 2.45) is 10.3 Å². The van der Waals surface area contributed by atoms with Crippen molar-refractivity contribution in [3.8, 4) is 0 Å². The predicted octanol–water partition coefficient (Wildman–Crippen LogP) is -2.68. The van der Waals surface area contributed by atoms with Crippen LogP contribution in [0.5, 0.6) is 0 Å². The maximum absolute atomic E-state index is 11.7. The molecular formula is C6H10N4O6S2. The van der Waals surface area contributed by atoms with Crippen molar-refractivity contribution in [1.29, 1.82) is 0 Å². The SMILES string of the molecule is CC(C)=C1C(=O)N(S(N)(=O)=O)N(S(N)(=O)=O)C1=O. The van der Waals surface area contributed by atoms with E-state index in [0.717, 1.165) is 0 Å². The van der Waals surface area contributed by atoms with Crippen molar-refractivity contribution in [2.45, 2.75) is 13.8 Å². The van der Waals surface area contributed by atoms with E-state index in [1.807, 2.05) is 0 Å². The average Bonchev–Trinajstić information content (AvgIpc) is 2.35. The summed E-state index contributed by atoms with van der Waals surface area (Å²) in [7, 11) is -9.58. The van der Waals surface area contributed by atoms with Crippen molar-refractivity contribution in [3.05, 3.63) is 11.1 Å². The van der Waals surface area contributed by atoms with E-state index in [-0.39, 0.29) is 14.4 Å². The van der Waals surface area contributed by atoms with Gasteiger partial charge in [-0.1, -0.05) is 5.57 Å². The first-order valence-electron chi connectivity index (χ1n) is 4.31. The molecule has 0 saturated carbocycles.